The Morgan fingerprint density at radius 2 is 1.95 bits per heavy atom. The lowest BCUT2D eigenvalue weighted by molar-refractivity contribution is -0.137. The smallest absolute Gasteiger partial charge is 0.303 e. The van der Waals surface area contributed by atoms with Crippen LogP contribution in [0.5, 0.6) is 11.5 Å². The zero-order valence-corrected chi connectivity index (χ0v) is 20.8. The molecule has 0 aliphatic carbocycles. The van der Waals surface area contributed by atoms with Gasteiger partial charge in [-0.1, -0.05) is 49.4 Å². The van der Waals surface area contributed by atoms with Gasteiger partial charge < -0.3 is 19.9 Å². The fourth-order valence-electron chi connectivity index (χ4n) is 4.62. The second-order valence-corrected chi connectivity index (χ2v) is 9.55. The first kappa shape index (κ1) is 25.8. The molecule has 0 spiro atoms. The van der Waals surface area contributed by atoms with Gasteiger partial charge in [0.2, 0.25) is 5.91 Å². The minimum Gasteiger partial charge on any atom is -0.493 e. The van der Waals surface area contributed by atoms with E-state index in [-0.39, 0.29) is 18.7 Å². The summed E-state index contributed by atoms with van der Waals surface area (Å²) < 4.78 is 11.9. The number of hydrogen-bond acceptors (Lipinski definition) is 5. The number of carbonyl (C=O) groups is 2. The van der Waals surface area contributed by atoms with E-state index in [0.29, 0.717) is 55.2 Å². The number of fused-ring (bicyclic) bond motifs is 1. The van der Waals surface area contributed by atoms with Crippen molar-refractivity contribution in [2.75, 3.05) is 11.9 Å². The van der Waals surface area contributed by atoms with Crippen LogP contribution in [0.4, 0.5) is 5.69 Å². The summed E-state index contributed by atoms with van der Waals surface area (Å²) in [5, 5.41) is 21.2. The summed E-state index contributed by atoms with van der Waals surface area (Å²) in [6, 6.07) is 22.9. The standard InChI is InChI=1S/C30H30N2O5/c1-30(18-28(33)32-26-16-22(19-31)10-11-23(26)8-5-9-29(34)35)14-15-36-27-17-24(12-13-25(27)30)37-20-21-6-3-2-4-7-21/h2-4,6-7,10-13,16-17H,5,8-9,14-15,18,20H2,1H3,(H,32,33)(H,34,35)/t30-/m1/s1. The lowest BCUT2D eigenvalue weighted by Gasteiger charge is -2.35. The molecule has 0 saturated heterocycles. The van der Waals surface area contributed by atoms with E-state index in [0.717, 1.165) is 16.7 Å². The van der Waals surface area contributed by atoms with Gasteiger partial charge in [0.1, 0.15) is 18.1 Å². The highest BCUT2D eigenvalue weighted by molar-refractivity contribution is 5.92. The molecular weight excluding hydrogens is 468 g/mol. The summed E-state index contributed by atoms with van der Waals surface area (Å²) in [4.78, 5) is 24.1. The van der Waals surface area contributed by atoms with Crippen molar-refractivity contribution >= 4 is 17.6 Å². The molecular formula is C30H30N2O5. The molecule has 7 heteroatoms. The van der Waals surface area contributed by atoms with Crippen molar-refractivity contribution in [3.05, 3.63) is 89.0 Å². The molecule has 3 aromatic carbocycles. The fraction of sp³-hybridized carbons (Fsp3) is 0.300. The normalized spacial score (nSPS) is 16.1. The van der Waals surface area contributed by atoms with Crippen molar-refractivity contribution in [1.82, 2.24) is 0 Å². The van der Waals surface area contributed by atoms with Crippen molar-refractivity contribution in [2.24, 2.45) is 0 Å². The number of carboxylic acids is 1. The van der Waals surface area contributed by atoms with Crippen LogP contribution in [0, 0.1) is 11.3 Å². The topological polar surface area (TPSA) is 109 Å². The first-order valence-electron chi connectivity index (χ1n) is 12.3. The maximum Gasteiger partial charge on any atom is 0.303 e. The average molecular weight is 499 g/mol. The SMILES string of the molecule is C[C@]1(CC(=O)Nc2cc(C#N)ccc2CCCC(=O)O)CCOc2cc(OCc3ccccc3)ccc21. The Balaban J connectivity index is 1.46. The van der Waals surface area contributed by atoms with Crippen LogP contribution in [0.2, 0.25) is 0 Å². The molecule has 1 amide bonds. The van der Waals surface area contributed by atoms with Crippen molar-refractivity contribution in [2.45, 2.75) is 51.0 Å². The summed E-state index contributed by atoms with van der Waals surface area (Å²) in [6.07, 6.45) is 1.90. The van der Waals surface area contributed by atoms with Gasteiger partial charge in [0, 0.05) is 35.6 Å². The number of benzene rings is 3. The molecule has 0 aromatic heterocycles. The zero-order chi connectivity index (χ0) is 26.3. The van der Waals surface area contributed by atoms with Gasteiger partial charge in [-0.25, -0.2) is 0 Å². The largest absolute Gasteiger partial charge is 0.493 e. The van der Waals surface area contributed by atoms with E-state index >= 15 is 0 Å². The van der Waals surface area contributed by atoms with Crippen molar-refractivity contribution < 1.29 is 24.2 Å². The Bertz CT molecular complexity index is 1320. The monoisotopic (exact) mass is 498 g/mol. The van der Waals surface area contributed by atoms with Crippen LogP contribution in [-0.2, 0) is 28.0 Å². The number of rotatable bonds is 10. The average Bonchev–Trinajstić information content (AvgIpc) is 2.88. The number of aryl methyl sites for hydroxylation is 1. The van der Waals surface area contributed by atoms with E-state index in [1.165, 1.54) is 0 Å². The van der Waals surface area contributed by atoms with E-state index in [1.54, 1.807) is 18.2 Å². The predicted molar refractivity (Wildman–Crippen MR) is 140 cm³/mol. The lowest BCUT2D eigenvalue weighted by Crippen LogP contribution is -2.34. The Kier molecular flexibility index (Phi) is 8.09. The highest BCUT2D eigenvalue weighted by Gasteiger charge is 2.35. The Morgan fingerprint density at radius 3 is 2.70 bits per heavy atom. The first-order chi connectivity index (χ1) is 17.9. The van der Waals surface area contributed by atoms with E-state index in [4.69, 9.17) is 14.6 Å². The van der Waals surface area contributed by atoms with Crippen molar-refractivity contribution in [3.8, 4) is 17.6 Å². The molecule has 1 aliphatic heterocycles. The number of nitrogens with zero attached hydrogens (tertiary/aromatic N) is 1. The number of nitrogens with one attached hydrogen (secondary N) is 1. The van der Waals surface area contributed by atoms with Crippen LogP contribution >= 0.6 is 0 Å². The van der Waals surface area contributed by atoms with Crippen LogP contribution < -0.4 is 14.8 Å². The second-order valence-electron chi connectivity index (χ2n) is 9.55. The van der Waals surface area contributed by atoms with Crippen LogP contribution in [0.15, 0.2) is 66.7 Å². The maximum absolute atomic E-state index is 13.2. The number of anilines is 1. The molecule has 0 fully saturated rings. The number of amides is 1. The summed E-state index contributed by atoms with van der Waals surface area (Å²) >= 11 is 0. The maximum atomic E-state index is 13.2. The van der Waals surface area contributed by atoms with Gasteiger partial charge in [-0.2, -0.15) is 5.26 Å². The molecule has 1 heterocycles. The third-order valence-corrected chi connectivity index (χ3v) is 6.66. The molecule has 7 nitrogen and oxygen atoms in total. The fourth-order valence-corrected chi connectivity index (χ4v) is 4.62. The lowest BCUT2D eigenvalue weighted by atomic mass is 9.75. The molecule has 0 unspecified atom stereocenters. The molecule has 190 valence electrons. The van der Waals surface area contributed by atoms with Gasteiger partial charge in [0.25, 0.3) is 0 Å². The highest BCUT2D eigenvalue weighted by Crippen LogP contribution is 2.43. The summed E-state index contributed by atoms with van der Waals surface area (Å²) in [6.45, 7) is 3.00. The Hall–Kier alpha value is -4.31. The van der Waals surface area contributed by atoms with E-state index in [9.17, 15) is 14.9 Å². The van der Waals surface area contributed by atoms with Gasteiger partial charge in [-0.05, 0) is 48.6 Å². The van der Waals surface area contributed by atoms with E-state index in [1.807, 2.05) is 48.5 Å². The van der Waals surface area contributed by atoms with Crippen molar-refractivity contribution in [3.63, 3.8) is 0 Å². The molecule has 1 aliphatic rings. The van der Waals surface area contributed by atoms with Gasteiger partial charge >= 0.3 is 5.97 Å². The predicted octanol–water partition coefficient (Wildman–Crippen LogP) is 5.61. The number of carboxylic acid groups (broad SMARTS) is 1. The molecule has 4 rings (SSSR count). The molecule has 2 N–H and O–H groups in total. The van der Waals surface area contributed by atoms with Gasteiger partial charge in [0.05, 0.1) is 18.2 Å². The van der Waals surface area contributed by atoms with Gasteiger partial charge in [-0.15, -0.1) is 0 Å². The molecule has 37 heavy (non-hydrogen) atoms. The Labute approximate surface area is 216 Å². The number of hydrogen-bond donors (Lipinski definition) is 2. The van der Waals surface area contributed by atoms with Gasteiger partial charge in [-0.3, -0.25) is 9.59 Å². The highest BCUT2D eigenvalue weighted by atomic mass is 16.5. The van der Waals surface area contributed by atoms with Crippen LogP contribution in [0.3, 0.4) is 0 Å². The molecule has 1 atom stereocenters. The van der Waals surface area contributed by atoms with Crippen LogP contribution in [-0.4, -0.2) is 23.6 Å². The molecule has 0 radical (unpaired) electrons. The number of nitriles is 1. The minimum absolute atomic E-state index is 0.0410. The minimum atomic E-state index is -0.862. The number of carbonyl (C=O) groups excluding carboxylic acids is 1. The van der Waals surface area contributed by atoms with Crippen molar-refractivity contribution in [1.29, 1.82) is 5.26 Å². The summed E-state index contributed by atoms with van der Waals surface area (Å²) in [5.41, 5.74) is 3.38. The first-order valence-corrected chi connectivity index (χ1v) is 12.3. The second kappa shape index (κ2) is 11.6. The quantitative estimate of drug-likeness (QED) is 0.376. The zero-order valence-electron chi connectivity index (χ0n) is 20.8. The number of ether oxygens (including phenoxy) is 2. The van der Waals surface area contributed by atoms with Gasteiger partial charge in [0.15, 0.2) is 0 Å². The Morgan fingerprint density at radius 1 is 1.14 bits per heavy atom. The molecule has 0 bridgehead atoms. The van der Waals surface area contributed by atoms with Crippen LogP contribution in [0.1, 0.15) is 54.9 Å². The molecule has 0 saturated carbocycles. The third kappa shape index (κ3) is 6.68. The van der Waals surface area contributed by atoms with Crippen LogP contribution in [0.25, 0.3) is 0 Å². The third-order valence-electron chi connectivity index (χ3n) is 6.66. The summed E-state index contributed by atoms with van der Waals surface area (Å²) in [5.74, 6) is 0.386. The molecule has 3 aromatic rings. The van der Waals surface area contributed by atoms with E-state index < -0.39 is 11.4 Å². The summed E-state index contributed by atoms with van der Waals surface area (Å²) in [7, 11) is 0. The number of aliphatic carboxylic acids is 1. The van der Waals surface area contributed by atoms with E-state index in [2.05, 4.69) is 18.3 Å².